The maximum atomic E-state index is 12.4. The van der Waals surface area contributed by atoms with Gasteiger partial charge in [-0.15, -0.1) is 0 Å². The van der Waals surface area contributed by atoms with E-state index in [1.807, 2.05) is 24.5 Å². The Morgan fingerprint density at radius 2 is 1.17 bits per heavy atom. The molecule has 0 saturated carbocycles. The molecule has 0 amide bonds. The number of pyridine rings is 2. The summed E-state index contributed by atoms with van der Waals surface area (Å²) in [7, 11) is 0. The molecule has 9 rings (SSSR count). The molecule has 4 heterocycles. The van der Waals surface area contributed by atoms with E-state index in [1.165, 1.54) is 57.6 Å². The Morgan fingerprint density at radius 3 is 1.75 bits per heavy atom. The van der Waals surface area contributed by atoms with Gasteiger partial charge >= 0.3 is 0 Å². The second-order valence-corrected chi connectivity index (χ2v) is 21.5. The molecule has 6 aromatic rings. The standard InChI is InChI=1S/C56H53ClI2N4O2/c1-55(2)46-32-44(58)24-26-48(46)62(36-40-18-14-38(15-19-40)34-60-30-7-5-12-52(60)64)50(55)28-22-42-10-9-11-43(54(42)57)23-29-51-56(3,4)47-33-45(59)25-27-49(47)63(51)37-41-20-16-39(17-21-41)35-61-31-8-6-13-53(61)65/h5-8,12-33,50H,9-11,34-37H2,1-4H3/b28-22+,43-23+,51-29+. The summed E-state index contributed by atoms with van der Waals surface area (Å²) >= 11 is 12.3. The smallest absolute Gasteiger partial charge is 0.250 e. The summed E-state index contributed by atoms with van der Waals surface area (Å²) in [6.07, 6.45) is 15.9. The van der Waals surface area contributed by atoms with E-state index in [0.717, 1.165) is 48.5 Å². The number of halogens is 3. The predicted molar refractivity (Wildman–Crippen MR) is 285 cm³/mol. The van der Waals surface area contributed by atoms with Gasteiger partial charge in [0.1, 0.15) is 0 Å². The van der Waals surface area contributed by atoms with Crippen molar-refractivity contribution in [2.45, 2.75) is 90.0 Å². The number of nitrogens with zero attached hydrogens (tertiary/aromatic N) is 4. The van der Waals surface area contributed by atoms with Crippen LogP contribution in [-0.4, -0.2) is 15.2 Å². The van der Waals surface area contributed by atoms with Gasteiger partial charge in [-0.25, -0.2) is 0 Å². The van der Waals surface area contributed by atoms with E-state index in [4.69, 9.17) is 11.6 Å². The fourth-order valence-corrected chi connectivity index (χ4v) is 11.2. The zero-order valence-corrected chi connectivity index (χ0v) is 42.3. The number of aromatic nitrogens is 2. The van der Waals surface area contributed by atoms with Gasteiger partial charge in [0.05, 0.1) is 19.1 Å². The fraction of sp³-hybridized carbons (Fsp3) is 0.250. The van der Waals surface area contributed by atoms with Crippen LogP contribution in [0.25, 0.3) is 0 Å². The molecule has 0 radical (unpaired) electrons. The molecule has 3 aliphatic rings. The van der Waals surface area contributed by atoms with Crippen molar-refractivity contribution < 1.29 is 0 Å². The van der Waals surface area contributed by atoms with E-state index < -0.39 is 0 Å². The number of allylic oxidation sites excluding steroid dienone is 7. The molecule has 1 unspecified atom stereocenters. The average Bonchev–Trinajstić information content (AvgIpc) is 3.62. The van der Waals surface area contributed by atoms with Crippen molar-refractivity contribution >= 4 is 68.2 Å². The summed E-state index contributed by atoms with van der Waals surface area (Å²) in [5, 5.41) is 0.856. The van der Waals surface area contributed by atoms with Gasteiger partial charge in [0.15, 0.2) is 0 Å². The average molecular weight is 1100 g/mol. The SMILES string of the molecule is CC1(C)/C(=C\C=C2/CCCC(/C=C/C3N(Cc4ccc(Cn5ccccc5=O)cc4)c4ccc(I)cc4C3(C)C)=C2Cl)N(Cc2ccc(Cn3ccccc3=O)cc2)c2ccc(I)cc21. The van der Waals surface area contributed by atoms with E-state index >= 15 is 0 Å². The molecule has 0 bridgehead atoms. The third kappa shape index (κ3) is 9.41. The highest BCUT2D eigenvalue weighted by molar-refractivity contribution is 14.1. The van der Waals surface area contributed by atoms with Crippen molar-refractivity contribution in [3.8, 4) is 0 Å². The van der Waals surface area contributed by atoms with Gasteiger partial charge in [-0.1, -0.05) is 118 Å². The highest BCUT2D eigenvalue weighted by Gasteiger charge is 2.43. The molecule has 0 saturated heterocycles. The molecule has 0 fully saturated rings. The lowest BCUT2D eigenvalue weighted by Crippen LogP contribution is -2.39. The van der Waals surface area contributed by atoms with Crippen molar-refractivity contribution in [3.63, 3.8) is 0 Å². The summed E-state index contributed by atoms with van der Waals surface area (Å²) < 4.78 is 5.94. The minimum atomic E-state index is -0.221. The quantitative estimate of drug-likeness (QED) is 0.121. The number of benzene rings is 4. The Morgan fingerprint density at radius 1 is 0.631 bits per heavy atom. The van der Waals surface area contributed by atoms with E-state index in [1.54, 1.807) is 33.4 Å². The topological polar surface area (TPSA) is 50.5 Å². The van der Waals surface area contributed by atoms with Crippen LogP contribution in [0.1, 0.15) is 80.3 Å². The highest BCUT2D eigenvalue weighted by Crippen LogP contribution is 2.50. The van der Waals surface area contributed by atoms with Gasteiger partial charge in [0.25, 0.3) is 11.1 Å². The molecule has 2 aliphatic heterocycles. The molecule has 6 nitrogen and oxygen atoms in total. The number of anilines is 2. The largest absolute Gasteiger partial charge is 0.360 e. The highest BCUT2D eigenvalue weighted by atomic mass is 127. The molecule has 1 aliphatic carbocycles. The van der Waals surface area contributed by atoms with Crippen LogP contribution in [0.5, 0.6) is 0 Å². The molecule has 9 heteroatoms. The van der Waals surface area contributed by atoms with Gasteiger partial charge in [0, 0.05) is 77.7 Å². The van der Waals surface area contributed by atoms with E-state index in [2.05, 4.69) is 192 Å². The second-order valence-electron chi connectivity index (χ2n) is 18.6. The van der Waals surface area contributed by atoms with Crippen LogP contribution in [0.15, 0.2) is 189 Å². The van der Waals surface area contributed by atoms with Gasteiger partial charge in [-0.2, -0.15) is 0 Å². The summed E-state index contributed by atoms with van der Waals surface area (Å²) in [6, 6.07) is 41.6. The normalized spacial score (nSPS) is 18.8. The van der Waals surface area contributed by atoms with Crippen LogP contribution in [0.4, 0.5) is 11.4 Å². The maximum Gasteiger partial charge on any atom is 0.250 e. The van der Waals surface area contributed by atoms with E-state index in [-0.39, 0.29) is 28.0 Å². The van der Waals surface area contributed by atoms with Crippen LogP contribution < -0.4 is 20.9 Å². The van der Waals surface area contributed by atoms with E-state index in [9.17, 15) is 9.59 Å². The third-order valence-corrected chi connectivity index (χ3v) is 15.3. The van der Waals surface area contributed by atoms with Crippen LogP contribution in [-0.2, 0) is 37.0 Å². The monoisotopic (exact) mass is 1100 g/mol. The van der Waals surface area contributed by atoms with Crippen molar-refractivity contribution in [3.05, 3.63) is 241 Å². The fourth-order valence-electron chi connectivity index (χ4n) is 9.87. The molecule has 1 atom stereocenters. The lowest BCUT2D eigenvalue weighted by Gasteiger charge is -2.33. The first-order valence-electron chi connectivity index (χ1n) is 22.4. The minimum Gasteiger partial charge on any atom is -0.360 e. The van der Waals surface area contributed by atoms with Crippen molar-refractivity contribution in [1.82, 2.24) is 9.13 Å². The molecule has 4 aromatic carbocycles. The van der Waals surface area contributed by atoms with Gasteiger partial charge in [-0.05, 0) is 164 Å². The lowest BCUT2D eigenvalue weighted by molar-refractivity contribution is 0.473. The second kappa shape index (κ2) is 18.8. The van der Waals surface area contributed by atoms with Crippen LogP contribution in [0.2, 0.25) is 0 Å². The van der Waals surface area contributed by atoms with Crippen molar-refractivity contribution in [1.29, 1.82) is 0 Å². The summed E-state index contributed by atoms with van der Waals surface area (Å²) in [6.45, 7) is 12.0. The zero-order valence-electron chi connectivity index (χ0n) is 37.3. The van der Waals surface area contributed by atoms with Gasteiger partial charge in [0.2, 0.25) is 0 Å². The Labute approximate surface area is 414 Å². The predicted octanol–water partition coefficient (Wildman–Crippen LogP) is 13.0. The van der Waals surface area contributed by atoms with Crippen LogP contribution >= 0.6 is 56.8 Å². The zero-order chi connectivity index (χ0) is 45.5. The number of rotatable bonds is 11. The Balaban J connectivity index is 0.987. The van der Waals surface area contributed by atoms with Gasteiger partial charge < -0.3 is 18.9 Å². The minimum absolute atomic E-state index is 0.00213. The molecule has 0 N–H and O–H groups in total. The van der Waals surface area contributed by atoms with Gasteiger partial charge in [-0.3, -0.25) is 9.59 Å². The third-order valence-electron chi connectivity index (χ3n) is 13.5. The summed E-state index contributed by atoms with van der Waals surface area (Å²) in [5.41, 5.74) is 13.0. The van der Waals surface area contributed by atoms with Crippen molar-refractivity contribution in [2.75, 3.05) is 9.80 Å². The molecule has 0 spiro atoms. The van der Waals surface area contributed by atoms with Crippen LogP contribution in [0, 0.1) is 7.14 Å². The molecule has 330 valence electrons. The Bertz CT molecular complexity index is 3010. The van der Waals surface area contributed by atoms with Crippen LogP contribution in [0.3, 0.4) is 0 Å². The summed E-state index contributed by atoms with van der Waals surface area (Å²) in [4.78, 5) is 29.8. The first-order valence-corrected chi connectivity index (χ1v) is 24.9. The number of hydrogen-bond acceptors (Lipinski definition) is 4. The van der Waals surface area contributed by atoms with E-state index in [0.29, 0.717) is 13.1 Å². The maximum absolute atomic E-state index is 12.4. The molecule has 2 aromatic heterocycles. The molecular weight excluding hydrogens is 1050 g/mol. The first kappa shape index (κ1) is 45.3. The molecule has 65 heavy (non-hydrogen) atoms. The van der Waals surface area contributed by atoms with Crippen molar-refractivity contribution in [2.24, 2.45) is 0 Å². The lowest BCUT2D eigenvalue weighted by atomic mass is 9.80. The molecular formula is C56H53ClI2N4O2. The Kier molecular flexibility index (Phi) is 13.1. The number of fused-ring (bicyclic) bond motifs is 2. The number of hydrogen-bond donors (Lipinski definition) is 0. The first-order chi connectivity index (χ1) is 31.3. The Hall–Kier alpha value is -4.91. The summed E-state index contributed by atoms with van der Waals surface area (Å²) in [5.74, 6) is 0.